The van der Waals surface area contributed by atoms with Crippen molar-refractivity contribution in [1.82, 2.24) is 9.97 Å². The summed E-state index contributed by atoms with van der Waals surface area (Å²) in [6.45, 7) is 0.495. The van der Waals surface area contributed by atoms with Gasteiger partial charge in [-0.3, -0.25) is 9.78 Å². The molecule has 3 aromatic rings. The van der Waals surface area contributed by atoms with Crippen molar-refractivity contribution < 1.29 is 4.79 Å². The molecule has 0 unspecified atom stereocenters. The predicted octanol–water partition coefficient (Wildman–Crippen LogP) is 3.83. The Balaban J connectivity index is 1.51. The Bertz CT molecular complexity index is 820. The van der Waals surface area contributed by atoms with Crippen molar-refractivity contribution in [2.24, 2.45) is 0 Å². The maximum atomic E-state index is 11.9. The van der Waals surface area contributed by atoms with Crippen LogP contribution in [0.4, 0.5) is 11.5 Å². The number of rotatable bonds is 5. The van der Waals surface area contributed by atoms with Gasteiger partial charge in [0.2, 0.25) is 5.91 Å². The Hall–Kier alpha value is -2.47. The molecule has 3 rings (SSSR count). The third kappa shape index (κ3) is 4.26. The number of benzene rings is 2. The monoisotopic (exact) mass is 370 g/mol. The number of carbonyl (C=O) groups excluding carboxylic acids is 1. The van der Waals surface area contributed by atoms with Crippen molar-refractivity contribution in [3.63, 3.8) is 0 Å². The topological polar surface area (TPSA) is 66.9 Å². The molecule has 116 valence electrons. The van der Waals surface area contributed by atoms with Gasteiger partial charge < -0.3 is 10.6 Å². The van der Waals surface area contributed by atoms with Gasteiger partial charge in [0.05, 0.1) is 17.2 Å². The van der Waals surface area contributed by atoms with E-state index >= 15 is 0 Å². The molecule has 6 heteroatoms. The Morgan fingerprint density at radius 3 is 2.57 bits per heavy atom. The number of carbonyl (C=O) groups is 1. The van der Waals surface area contributed by atoms with Gasteiger partial charge in [0.15, 0.2) is 0 Å². The Morgan fingerprint density at radius 2 is 1.78 bits per heavy atom. The number of nitrogens with one attached hydrogen (secondary N) is 2. The smallest absolute Gasteiger partial charge is 0.226 e. The number of hydrogen-bond donors (Lipinski definition) is 2. The summed E-state index contributed by atoms with van der Waals surface area (Å²) in [6, 6.07) is 15.2. The molecule has 0 aliphatic carbocycles. The second-order valence-electron chi connectivity index (χ2n) is 4.98. The summed E-state index contributed by atoms with van der Waals surface area (Å²) in [5.41, 5.74) is 2.46. The van der Waals surface area contributed by atoms with Crippen molar-refractivity contribution in [3.8, 4) is 0 Å². The summed E-state index contributed by atoms with van der Waals surface area (Å²) in [7, 11) is 0. The summed E-state index contributed by atoms with van der Waals surface area (Å²) in [6.07, 6.45) is 2.03. The number of aromatic nitrogens is 2. The van der Waals surface area contributed by atoms with Gasteiger partial charge in [0.25, 0.3) is 0 Å². The predicted molar refractivity (Wildman–Crippen MR) is 95.4 cm³/mol. The van der Waals surface area contributed by atoms with Crippen LogP contribution in [0, 0.1) is 0 Å². The first-order valence-electron chi connectivity index (χ1n) is 7.22. The Kier molecular flexibility index (Phi) is 4.83. The average Bonchev–Trinajstić information content (AvgIpc) is 2.57. The van der Waals surface area contributed by atoms with E-state index < -0.39 is 0 Å². The van der Waals surface area contributed by atoms with E-state index in [1.807, 2.05) is 48.5 Å². The first-order valence-corrected chi connectivity index (χ1v) is 8.01. The zero-order valence-corrected chi connectivity index (χ0v) is 13.9. The first kappa shape index (κ1) is 15.4. The lowest BCUT2D eigenvalue weighted by molar-refractivity contribution is -0.115. The molecule has 0 spiro atoms. The van der Waals surface area contributed by atoms with E-state index in [1.54, 1.807) is 6.20 Å². The molecule has 0 atom stereocenters. The van der Waals surface area contributed by atoms with Gasteiger partial charge in [-0.25, -0.2) is 4.98 Å². The molecule has 0 aliphatic rings. The quantitative estimate of drug-likeness (QED) is 0.715. The van der Waals surface area contributed by atoms with Gasteiger partial charge in [-0.2, -0.15) is 0 Å². The number of fused-ring (bicyclic) bond motifs is 1. The molecular weight excluding hydrogens is 356 g/mol. The summed E-state index contributed by atoms with van der Waals surface area (Å²) < 4.78 is 0.979. The molecule has 0 fully saturated rings. The molecule has 1 aromatic heterocycles. The second-order valence-corrected chi connectivity index (χ2v) is 5.89. The molecule has 0 aliphatic heterocycles. The summed E-state index contributed by atoms with van der Waals surface area (Å²) in [4.78, 5) is 20.7. The van der Waals surface area contributed by atoms with E-state index in [1.165, 1.54) is 0 Å². The molecule has 0 saturated carbocycles. The van der Waals surface area contributed by atoms with E-state index in [-0.39, 0.29) is 5.91 Å². The molecular formula is C17H15BrN4O. The Labute approximate surface area is 142 Å². The number of hydrogen-bond acceptors (Lipinski definition) is 4. The molecule has 2 N–H and O–H groups in total. The highest BCUT2D eigenvalue weighted by atomic mass is 79.9. The van der Waals surface area contributed by atoms with E-state index in [0.29, 0.717) is 18.8 Å². The van der Waals surface area contributed by atoms with Gasteiger partial charge in [-0.05, 0) is 36.4 Å². The van der Waals surface area contributed by atoms with Crippen LogP contribution in [0.3, 0.4) is 0 Å². The van der Waals surface area contributed by atoms with E-state index in [9.17, 15) is 4.79 Å². The minimum absolute atomic E-state index is 0.0476. The van der Waals surface area contributed by atoms with E-state index in [4.69, 9.17) is 0 Å². The van der Waals surface area contributed by atoms with Crippen LogP contribution in [0.2, 0.25) is 0 Å². The average molecular weight is 371 g/mol. The zero-order valence-electron chi connectivity index (χ0n) is 12.3. The molecule has 1 amide bonds. The summed E-state index contributed by atoms with van der Waals surface area (Å²) >= 11 is 3.36. The Morgan fingerprint density at radius 1 is 1.04 bits per heavy atom. The highest BCUT2D eigenvalue weighted by molar-refractivity contribution is 9.10. The molecule has 1 heterocycles. The van der Waals surface area contributed by atoms with E-state index in [0.717, 1.165) is 21.2 Å². The lowest BCUT2D eigenvalue weighted by atomic mass is 10.3. The van der Waals surface area contributed by atoms with E-state index in [2.05, 4.69) is 36.5 Å². The number of anilines is 2. The maximum absolute atomic E-state index is 11.9. The third-order valence-corrected chi connectivity index (χ3v) is 3.76. The zero-order chi connectivity index (χ0) is 16.1. The van der Waals surface area contributed by atoms with Crippen molar-refractivity contribution in [2.45, 2.75) is 6.42 Å². The van der Waals surface area contributed by atoms with Gasteiger partial charge in [0, 0.05) is 23.1 Å². The lowest BCUT2D eigenvalue weighted by Gasteiger charge is -2.07. The van der Waals surface area contributed by atoms with Crippen LogP contribution < -0.4 is 10.6 Å². The molecule has 0 radical (unpaired) electrons. The normalized spacial score (nSPS) is 10.5. The first-order chi connectivity index (χ1) is 11.2. The van der Waals surface area contributed by atoms with Crippen LogP contribution >= 0.6 is 15.9 Å². The van der Waals surface area contributed by atoms with Crippen molar-refractivity contribution in [1.29, 1.82) is 0 Å². The van der Waals surface area contributed by atoms with Gasteiger partial charge in [0.1, 0.15) is 5.82 Å². The lowest BCUT2D eigenvalue weighted by Crippen LogP contribution is -2.16. The van der Waals surface area contributed by atoms with Gasteiger partial charge in [-0.15, -0.1) is 0 Å². The molecule has 0 bridgehead atoms. The molecule has 23 heavy (non-hydrogen) atoms. The maximum Gasteiger partial charge on any atom is 0.226 e. The van der Waals surface area contributed by atoms with Crippen LogP contribution in [-0.4, -0.2) is 22.4 Å². The number of nitrogens with zero attached hydrogens (tertiary/aromatic N) is 2. The second kappa shape index (κ2) is 7.19. The fraction of sp³-hybridized carbons (Fsp3) is 0.118. The molecule has 2 aromatic carbocycles. The minimum Gasteiger partial charge on any atom is -0.368 e. The van der Waals surface area contributed by atoms with Crippen LogP contribution in [0.5, 0.6) is 0 Å². The summed E-state index contributed by atoms with van der Waals surface area (Å²) in [5.74, 6) is 0.619. The van der Waals surface area contributed by atoms with Crippen molar-refractivity contribution >= 4 is 44.4 Å². The number of amides is 1. The fourth-order valence-electron chi connectivity index (χ4n) is 2.10. The molecule has 5 nitrogen and oxygen atoms in total. The highest BCUT2D eigenvalue weighted by Gasteiger charge is 2.03. The van der Waals surface area contributed by atoms with Crippen LogP contribution in [-0.2, 0) is 4.79 Å². The van der Waals surface area contributed by atoms with Crippen LogP contribution in [0.15, 0.2) is 59.2 Å². The van der Waals surface area contributed by atoms with Crippen molar-refractivity contribution in [3.05, 3.63) is 59.2 Å². The summed E-state index contributed by atoms with van der Waals surface area (Å²) in [5, 5.41) is 5.97. The van der Waals surface area contributed by atoms with Crippen LogP contribution in [0.25, 0.3) is 11.0 Å². The van der Waals surface area contributed by atoms with Gasteiger partial charge in [-0.1, -0.05) is 28.1 Å². The van der Waals surface area contributed by atoms with Gasteiger partial charge >= 0.3 is 0 Å². The molecule has 0 saturated heterocycles. The SMILES string of the molecule is O=C(CCNc1cnc2ccccc2n1)Nc1ccc(Br)cc1. The number of halogens is 1. The standard InChI is InChI=1S/C17H15BrN4O/c18-12-5-7-13(8-6-12)21-17(23)9-10-19-16-11-20-14-3-1-2-4-15(14)22-16/h1-8,11H,9-10H2,(H,19,22)(H,21,23). The third-order valence-electron chi connectivity index (χ3n) is 3.23. The van der Waals surface area contributed by atoms with Crippen LogP contribution in [0.1, 0.15) is 6.42 Å². The highest BCUT2D eigenvalue weighted by Crippen LogP contribution is 2.14. The fourth-order valence-corrected chi connectivity index (χ4v) is 2.37. The largest absolute Gasteiger partial charge is 0.368 e. The minimum atomic E-state index is -0.0476. The van der Waals surface area contributed by atoms with Crippen molar-refractivity contribution in [2.75, 3.05) is 17.2 Å². The number of para-hydroxylation sites is 2.